The average Bonchev–Trinajstić information content (AvgIpc) is 2.52. The zero-order chi connectivity index (χ0) is 18.8. The Hall–Kier alpha value is -2.14. The number of phenolic OH excluding ortho intramolecular Hbond substituents is 1. The Balaban J connectivity index is 0.000000705. The molecule has 0 aliphatic carbocycles. The van der Waals surface area contributed by atoms with E-state index < -0.39 is 0 Å². The molecule has 1 aromatic carbocycles. The number of hydrogen-bond donors (Lipinski definition) is 1. The smallest absolute Gasteiger partial charge is 0.132 e. The molecule has 0 amide bonds. The van der Waals surface area contributed by atoms with E-state index in [9.17, 15) is 5.11 Å². The fourth-order valence-corrected chi connectivity index (χ4v) is 2.06. The summed E-state index contributed by atoms with van der Waals surface area (Å²) >= 11 is 0. The van der Waals surface area contributed by atoms with Crippen LogP contribution in [0.2, 0.25) is 0 Å². The number of nitrogens with zero attached hydrogens (tertiary/aromatic N) is 3. The van der Waals surface area contributed by atoms with Crippen LogP contribution < -0.4 is 4.74 Å². The maximum Gasteiger partial charge on any atom is 0.132 e. The first kappa shape index (κ1) is 20.9. The normalized spacial score (nSPS) is 10.6. The molecule has 1 N–H and O–H groups in total. The minimum Gasteiger partial charge on any atom is -0.508 e. The van der Waals surface area contributed by atoms with Crippen molar-refractivity contribution in [3.8, 4) is 22.8 Å². The minimum absolute atomic E-state index is 0.183. The van der Waals surface area contributed by atoms with Crippen LogP contribution in [0, 0.1) is 12.8 Å². The molecule has 0 radical (unpaired) electrons. The van der Waals surface area contributed by atoms with Crippen molar-refractivity contribution in [3.05, 3.63) is 36.3 Å². The summed E-state index contributed by atoms with van der Waals surface area (Å²) in [5.41, 5.74) is 2.46. The highest BCUT2D eigenvalue weighted by Crippen LogP contribution is 2.33. The molecule has 0 saturated carbocycles. The lowest BCUT2D eigenvalue weighted by Crippen LogP contribution is -2.15. The third-order valence-electron chi connectivity index (χ3n) is 3.11. The van der Waals surface area contributed by atoms with Crippen molar-refractivity contribution in [1.29, 1.82) is 0 Å². The number of benzene rings is 1. The van der Waals surface area contributed by atoms with Gasteiger partial charge in [-0.2, -0.15) is 0 Å². The van der Waals surface area contributed by atoms with Gasteiger partial charge in [0.15, 0.2) is 0 Å². The van der Waals surface area contributed by atoms with Crippen molar-refractivity contribution in [2.75, 3.05) is 27.2 Å². The summed E-state index contributed by atoms with van der Waals surface area (Å²) in [7, 11) is 4.06. The molecular formula is C20H31N3O2. The van der Waals surface area contributed by atoms with Crippen molar-refractivity contribution in [2.45, 2.75) is 34.1 Å². The topological polar surface area (TPSA) is 58.5 Å². The lowest BCUT2D eigenvalue weighted by molar-refractivity contribution is 0.281. The fraction of sp³-hybridized carbons (Fsp3) is 0.500. The van der Waals surface area contributed by atoms with E-state index in [2.05, 4.69) is 35.6 Å². The first-order valence-electron chi connectivity index (χ1n) is 8.69. The summed E-state index contributed by atoms with van der Waals surface area (Å²) in [6, 6.07) is 5.07. The molecule has 2 rings (SSSR count). The standard InChI is InChI=1S/C16H21N3O2.C4H10/c1-12-16(18-8-7-17-12)14-6-5-13(20)11-15(14)21-10-4-9-19(2)3;1-4(2)3/h5-8,11,20H,4,9-10H2,1-3H3;4H,1-3H3. The Bertz CT molecular complexity index is 640. The van der Waals surface area contributed by atoms with Crippen LogP contribution in [0.5, 0.6) is 11.5 Å². The van der Waals surface area contributed by atoms with Gasteiger partial charge < -0.3 is 14.7 Å². The maximum absolute atomic E-state index is 9.67. The molecular weight excluding hydrogens is 314 g/mol. The molecule has 0 aliphatic rings. The molecule has 1 heterocycles. The number of rotatable bonds is 6. The molecule has 0 unspecified atom stereocenters. The zero-order valence-electron chi connectivity index (χ0n) is 16.3. The molecule has 0 bridgehead atoms. The number of ether oxygens (including phenoxy) is 1. The first-order valence-corrected chi connectivity index (χ1v) is 8.69. The SMILES string of the molecule is CC(C)C.Cc1nccnc1-c1ccc(O)cc1OCCCN(C)C. The Morgan fingerprint density at radius 1 is 1.12 bits per heavy atom. The Labute approximate surface area is 151 Å². The quantitative estimate of drug-likeness (QED) is 0.797. The van der Waals surface area contributed by atoms with Crippen LogP contribution in [0.3, 0.4) is 0 Å². The number of aromatic hydroxyl groups is 1. The molecule has 0 atom stereocenters. The predicted octanol–water partition coefficient (Wildman–Crippen LogP) is 4.15. The summed E-state index contributed by atoms with van der Waals surface area (Å²) in [5, 5.41) is 9.67. The Morgan fingerprint density at radius 3 is 2.36 bits per heavy atom. The zero-order valence-corrected chi connectivity index (χ0v) is 16.3. The van der Waals surface area contributed by atoms with Gasteiger partial charge in [-0.15, -0.1) is 0 Å². The lowest BCUT2D eigenvalue weighted by atomic mass is 10.1. The molecule has 138 valence electrons. The summed E-state index contributed by atoms with van der Waals surface area (Å²) in [6.45, 7) is 9.96. The van der Waals surface area contributed by atoms with Crippen molar-refractivity contribution in [2.24, 2.45) is 5.92 Å². The van der Waals surface area contributed by atoms with Crippen LogP contribution in [-0.4, -0.2) is 47.2 Å². The van der Waals surface area contributed by atoms with Gasteiger partial charge in [0.2, 0.25) is 0 Å². The summed E-state index contributed by atoms with van der Waals surface area (Å²) < 4.78 is 5.82. The van der Waals surface area contributed by atoms with Crippen LogP contribution in [0.1, 0.15) is 32.9 Å². The van der Waals surface area contributed by atoms with E-state index >= 15 is 0 Å². The van der Waals surface area contributed by atoms with E-state index in [1.165, 1.54) is 0 Å². The van der Waals surface area contributed by atoms with Gasteiger partial charge in [-0.3, -0.25) is 9.97 Å². The van der Waals surface area contributed by atoms with Gasteiger partial charge in [-0.1, -0.05) is 20.8 Å². The number of aromatic nitrogens is 2. The highest BCUT2D eigenvalue weighted by Gasteiger charge is 2.11. The van der Waals surface area contributed by atoms with E-state index in [1.54, 1.807) is 24.5 Å². The molecule has 5 nitrogen and oxygen atoms in total. The van der Waals surface area contributed by atoms with Crippen LogP contribution >= 0.6 is 0 Å². The second kappa shape index (κ2) is 10.7. The number of hydrogen-bond acceptors (Lipinski definition) is 5. The second-order valence-electron chi connectivity index (χ2n) is 6.91. The van der Waals surface area contributed by atoms with E-state index in [0.29, 0.717) is 12.4 Å². The molecule has 0 spiro atoms. The monoisotopic (exact) mass is 345 g/mol. The van der Waals surface area contributed by atoms with Crippen molar-refractivity contribution in [1.82, 2.24) is 14.9 Å². The summed E-state index contributed by atoms with van der Waals surface area (Å²) in [5.74, 6) is 1.65. The van der Waals surface area contributed by atoms with Gasteiger partial charge in [0.25, 0.3) is 0 Å². The fourth-order valence-electron chi connectivity index (χ4n) is 2.06. The van der Waals surface area contributed by atoms with Crippen LogP contribution in [-0.2, 0) is 0 Å². The Kier molecular flexibility index (Phi) is 8.92. The molecule has 0 saturated heterocycles. The van der Waals surface area contributed by atoms with Gasteiger partial charge in [-0.05, 0) is 45.5 Å². The highest BCUT2D eigenvalue weighted by atomic mass is 16.5. The molecule has 0 fully saturated rings. The summed E-state index contributed by atoms with van der Waals surface area (Å²) in [4.78, 5) is 10.7. The van der Waals surface area contributed by atoms with Gasteiger partial charge >= 0.3 is 0 Å². The molecule has 5 heteroatoms. The lowest BCUT2D eigenvalue weighted by Gasteiger charge is -2.14. The van der Waals surface area contributed by atoms with Gasteiger partial charge in [0.05, 0.1) is 18.0 Å². The van der Waals surface area contributed by atoms with Gasteiger partial charge in [-0.25, -0.2) is 0 Å². The molecule has 25 heavy (non-hydrogen) atoms. The van der Waals surface area contributed by atoms with E-state index in [4.69, 9.17) is 4.74 Å². The largest absolute Gasteiger partial charge is 0.508 e. The van der Waals surface area contributed by atoms with E-state index in [-0.39, 0.29) is 5.75 Å². The predicted molar refractivity (Wildman–Crippen MR) is 103 cm³/mol. The highest BCUT2D eigenvalue weighted by molar-refractivity contribution is 5.69. The second-order valence-corrected chi connectivity index (χ2v) is 6.91. The molecule has 2 aromatic rings. The maximum atomic E-state index is 9.67. The number of aryl methyl sites for hydroxylation is 1. The van der Waals surface area contributed by atoms with Crippen LogP contribution in [0.25, 0.3) is 11.3 Å². The van der Waals surface area contributed by atoms with Crippen molar-refractivity contribution >= 4 is 0 Å². The van der Waals surface area contributed by atoms with Crippen molar-refractivity contribution in [3.63, 3.8) is 0 Å². The summed E-state index contributed by atoms with van der Waals surface area (Å²) in [6.07, 6.45) is 4.24. The van der Waals surface area contributed by atoms with E-state index in [0.717, 1.165) is 35.8 Å². The van der Waals surface area contributed by atoms with Crippen LogP contribution in [0.15, 0.2) is 30.6 Å². The van der Waals surface area contributed by atoms with Crippen LogP contribution in [0.4, 0.5) is 0 Å². The first-order chi connectivity index (χ1) is 11.8. The third-order valence-corrected chi connectivity index (χ3v) is 3.11. The third kappa shape index (κ3) is 7.98. The number of phenols is 1. The Morgan fingerprint density at radius 2 is 1.76 bits per heavy atom. The van der Waals surface area contributed by atoms with Gasteiger partial charge in [0.1, 0.15) is 11.5 Å². The molecule has 1 aromatic heterocycles. The van der Waals surface area contributed by atoms with Gasteiger partial charge in [0, 0.05) is 30.6 Å². The molecule has 0 aliphatic heterocycles. The van der Waals surface area contributed by atoms with E-state index in [1.807, 2.05) is 27.1 Å². The average molecular weight is 345 g/mol. The van der Waals surface area contributed by atoms with Crippen molar-refractivity contribution < 1.29 is 9.84 Å². The minimum atomic E-state index is 0.183.